The van der Waals surface area contributed by atoms with E-state index in [1.54, 1.807) is 37.3 Å². The van der Waals surface area contributed by atoms with Gasteiger partial charge in [-0.3, -0.25) is 4.79 Å². The summed E-state index contributed by atoms with van der Waals surface area (Å²) in [5.41, 5.74) is 3.70. The highest BCUT2D eigenvalue weighted by molar-refractivity contribution is 7.93. The Morgan fingerprint density at radius 3 is 2.00 bits per heavy atom. The number of sulfonamides is 1. The lowest BCUT2D eigenvalue weighted by Crippen LogP contribution is -2.40. The summed E-state index contributed by atoms with van der Waals surface area (Å²) >= 11 is 0. The lowest BCUT2D eigenvalue weighted by atomic mass is 10.1. The summed E-state index contributed by atoms with van der Waals surface area (Å²) < 4.78 is 33.5. The van der Waals surface area contributed by atoms with E-state index in [1.807, 2.05) is 45.0 Å². The fourth-order valence-corrected chi connectivity index (χ4v) is 4.76. The fraction of sp³-hybridized carbons (Fsp3) is 0.208. The van der Waals surface area contributed by atoms with Crippen LogP contribution in [0.3, 0.4) is 0 Å². The van der Waals surface area contributed by atoms with Crippen LogP contribution in [0.4, 0.5) is 5.69 Å². The third kappa shape index (κ3) is 4.24. The summed E-state index contributed by atoms with van der Waals surface area (Å²) in [6.07, 6.45) is 0. The number of carbonyl (C=O) groups is 1. The van der Waals surface area contributed by atoms with Gasteiger partial charge in [-0.25, -0.2) is 8.42 Å². The lowest BCUT2D eigenvalue weighted by Gasteiger charge is -2.25. The van der Waals surface area contributed by atoms with E-state index in [1.165, 1.54) is 12.1 Å². The van der Waals surface area contributed by atoms with Crippen molar-refractivity contribution in [2.45, 2.75) is 32.6 Å². The molecule has 30 heavy (non-hydrogen) atoms. The minimum absolute atomic E-state index is 0.0475. The Kier molecular flexibility index (Phi) is 6.27. The van der Waals surface area contributed by atoms with Gasteiger partial charge in [-0.15, -0.1) is 0 Å². The summed E-state index contributed by atoms with van der Waals surface area (Å²) in [7, 11) is -4.11. The number of carbonyl (C=O) groups excluding carboxylic acids is 1. The summed E-state index contributed by atoms with van der Waals surface area (Å²) in [5, 5.41) is 0. The van der Waals surface area contributed by atoms with Gasteiger partial charge < -0.3 is 4.74 Å². The average Bonchev–Trinajstić information content (AvgIpc) is 2.71. The Labute approximate surface area is 178 Å². The van der Waals surface area contributed by atoms with Crippen LogP contribution < -0.4 is 9.04 Å². The number of nitrogens with zero attached hydrogens (tertiary/aromatic N) is 1. The molecule has 3 aromatic rings. The van der Waals surface area contributed by atoms with Crippen molar-refractivity contribution in [3.63, 3.8) is 0 Å². The minimum atomic E-state index is -4.11. The standard InChI is InChI=1S/C24H25NO4S/c1-17-10-9-15-22(20(17)4)25(30(27,28)21-13-6-5-7-14-21)23(26)16-29-24-18(2)11-8-12-19(24)3/h5-15H,16H2,1-4H3. The second kappa shape index (κ2) is 8.71. The first-order chi connectivity index (χ1) is 14.2. The lowest BCUT2D eigenvalue weighted by molar-refractivity contribution is -0.119. The van der Waals surface area contributed by atoms with Gasteiger partial charge in [-0.05, 0) is 68.1 Å². The van der Waals surface area contributed by atoms with Crippen molar-refractivity contribution in [1.82, 2.24) is 0 Å². The van der Waals surface area contributed by atoms with Crippen LogP contribution >= 0.6 is 0 Å². The molecule has 1 amide bonds. The Balaban J connectivity index is 2.03. The minimum Gasteiger partial charge on any atom is -0.483 e. The smallest absolute Gasteiger partial charge is 0.278 e. The van der Waals surface area contributed by atoms with Crippen LogP contribution in [0.1, 0.15) is 22.3 Å². The highest BCUT2D eigenvalue weighted by Crippen LogP contribution is 2.29. The number of aryl methyl sites for hydroxylation is 3. The zero-order valence-electron chi connectivity index (χ0n) is 17.5. The van der Waals surface area contributed by atoms with E-state index < -0.39 is 22.5 Å². The summed E-state index contributed by atoms with van der Waals surface area (Å²) in [4.78, 5) is 13.3. The second-order valence-corrected chi connectivity index (χ2v) is 8.99. The molecule has 0 aromatic heterocycles. The Morgan fingerprint density at radius 2 is 1.37 bits per heavy atom. The molecule has 0 radical (unpaired) electrons. The molecule has 3 aromatic carbocycles. The van der Waals surface area contributed by atoms with Crippen molar-refractivity contribution in [1.29, 1.82) is 0 Å². The van der Waals surface area contributed by atoms with Gasteiger partial charge >= 0.3 is 0 Å². The molecule has 0 atom stereocenters. The van der Waals surface area contributed by atoms with Gasteiger partial charge in [0.15, 0.2) is 6.61 Å². The maximum absolute atomic E-state index is 13.4. The van der Waals surface area contributed by atoms with Crippen LogP contribution in [0.25, 0.3) is 0 Å². The first-order valence-electron chi connectivity index (χ1n) is 9.62. The van der Waals surface area contributed by atoms with Gasteiger partial charge in [0.2, 0.25) is 0 Å². The summed E-state index contributed by atoms with van der Waals surface area (Å²) in [5.74, 6) is -0.0703. The topological polar surface area (TPSA) is 63.7 Å². The molecule has 0 fully saturated rings. The molecule has 0 bridgehead atoms. The van der Waals surface area contributed by atoms with E-state index in [9.17, 15) is 13.2 Å². The van der Waals surface area contributed by atoms with Gasteiger partial charge in [0, 0.05) is 0 Å². The Bertz CT molecular complexity index is 1150. The largest absolute Gasteiger partial charge is 0.483 e. The van der Waals surface area contributed by atoms with Crippen molar-refractivity contribution < 1.29 is 17.9 Å². The molecule has 0 aliphatic rings. The normalized spacial score (nSPS) is 11.2. The number of hydrogen-bond acceptors (Lipinski definition) is 4. The fourth-order valence-electron chi connectivity index (χ4n) is 3.27. The molecule has 0 saturated heterocycles. The van der Waals surface area contributed by atoms with E-state index in [0.29, 0.717) is 11.4 Å². The van der Waals surface area contributed by atoms with Crippen LogP contribution in [0.2, 0.25) is 0 Å². The Morgan fingerprint density at radius 1 is 0.800 bits per heavy atom. The molecule has 0 unspecified atom stereocenters. The number of rotatable bonds is 6. The third-order valence-corrected chi connectivity index (χ3v) is 6.80. The number of para-hydroxylation sites is 1. The van der Waals surface area contributed by atoms with Crippen molar-refractivity contribution >= 4 is 21.6 Å². The maximum atomic E-state index is 13.4. The molecule has 0 aliphatic heterocycles. The van der Waals surface area contributed by atoms with Gasteiger partial charge in [-0.2, -0.15) is 4.31 Å². The predicted octanol–water partition coefficient (Wildman–Crippen LogP) is 4.72. The zero-order valence-corrected chi connectivity index (χ0v) is 18.4. The molecule has 6 heteroatoms. The van der Waals surface area contributed by atoms with Crippen molar-refractivity contribution in [3.8, 4) is 5.75 Å². The van der Waals surface area contributed by atoms with Gasteiger partial charge in [0.1, 0.15) is 5.75 Å². The third-order valence-electron chi connectivity index (χ3n) is 5.05. The average molecular weight is 424 g/mol. The molecule has 0 heterocycles. The monoisotopic (exact) mass is 423 g/mol. The number of amides is 1. The van der Waals surface area contributed by atoms with E-state index in [0.717, 1.165) is 26.6 Å². The van der Waals surface area contributed by atoms with Crippen LogP contribution in [-0.2, 0) is 14.8 Å². The highest BCUT2D eigenvalue weighted by atomic mass is 32.2. The quantitative estimate of drug-likeness (QED) is 0.575. The first kappa shape index (κ1) is 21.6. The zero-order chi connectivity index (χ0) is 21.9. The second-order valence-electron chi connectivity index (χ2n) is 7.20. The van der Waals surface area contributed by atoms with Crippen molar-refractivity contribution in [2.75, 3.05) is 10.9 Å². The van der Waals surface area contributed by atoms with Gasteiger partial charge in [0.05, 0.1) is 10.6 Å². The van der Waals surface area contributed by atoms with Crippen LogP contribution in [0.5, 0.6) is 5.75 Å². The molecular formula is C24H25NO4S. The van der Waals surface area contributed by atoms with Crippen LogP contribution in [0, 0.1) is 27.7 Å². The van der Waals surface area contributed by atoms with Crippen molar-refractivity contribution in [3.05, 3.63) is 89.0 Å². The predicted molar refractivity (Wildman–Crippen MR) is 118 cm³/mol. The van der Waals surface area contributed by atoms with E-state index in [4.69, 9.17) is 4.74 Å². The SMILES string of the molecule is Cc1cccc(N(C(=O)COc2c(C)cccc2C)S(=O)(=O)c2ccccc2)c1C. The highest BCUT2D eigenvalue weighted by Gasteiger charge is 2.32. The van der Waals surface area contributed by atoms with E-state index in [-0.39, 0.29) is 4.90 Å². The molecule has 3 rings (SSSR count). The van der Waals surface area contributed by atoms with Gasteiger partial charge in [0.25, 0.3) is 15.9 Å². The van der Waals surface area contributed by atoms with E-state index in [2.05, 4.69) is 0 Å². The molecule has 0 aliphatic carbocycles. The number of hydrogen-bond donors (Lipinski definition) is 0. The van der Waals surface area contributed by atoms with E-state index >= 15 is 0 Å². The number of ether oxygens (including phenoxy) is 1. The molecule has 0 N–H and O–H groups in total. The van der Waals surface area contributed by atoms with Gasteiger partial charge in [-0.1, -0.05) is 48.5 Å². The first-order valence-corrected chi connectivity index (χ1v) is 11.1. The number of anilines is 1. The van der Waals surface area contributed by atoms with Crippen LogP contribution in [0.15, 0.2) is 71.6 Å². The summed E-state index contributed by atoms with van der Waals surface area (Å²) in [6.45, 7) is 7.05. The Hall–Kier alpha value is -3.12. The molecule has 0 saturated carbocycles. The van der Waals surface area contributed by atoms with Crippen LogP contribution in [-0.4, -0.2) is 20.9 Å². The molecular weight excluding hydrogens is 398 g/mol. The maximum Gasteiger partial charge on any atom is 0.278 e. The summed E-state index contributed by atoms with van der Waals surface area (Å²) in [6, 6.07) is 18.9. The molecule has 156 valence electrons. The molecule has 5 nitrogen and oxygen atoms in total. The number of benzene rings is 3. The van der Waals surface area contributed by atoms with Crippen molar-refractivity contribution in [2.24, 2.45) is 0 Å². The molecule has 0 spiro atoms.